The van der Waals surface area contributed by atoms with E-state index in [0.717, 1.165) is 16.8 Å². The van der Waals surface area contributed by atoms with Gasteiger partial charge in [0.15, 0.2) is 0 Å². The molecule has 0 amide bonds. The van der Waals surface area contributed by atoms with Gasteiger partial charge in [0.05, 0.1) is 24.0 Å². The van der Waals surface area contributed by atoms with Gasteiger partial charge in [-0.3, -0.25) is 0 Å². The summed E-state index contributed by atoms with van der Waals surface area (Å²) in [4.78, 5) is 12.0. The third-order valence-electron chi connectivity index (χ3n) is 4.31. The summed E-state index contributed by atoms with van der Waals surface area (Å²) in [5.74, 6) is -0.401. The number of benzene rings is 3. The summed E-state index contributed by atoms with van der Waals surface area (Å²) >= 11 is 6.02. The Morgan fingerprint density at radius 1 is 1.04 bits per heavy atom. The molecule has 0 saturated heterocycles. The molecule has 0 aliphatic heterocycles. The van der Waals surface area contributed by atoms with Crippen LogP contribution >= 0.6 is 11.6 Å². The molecule has 0 spiro atoms. The van der Waals surface area contributed by atoms with Gasteiger partial charge >= 0.3 is 5.97 Å². The van der Waals surface area contributed by atoms with E-state index in [9.17, 15) is 4.79 Å². The maximum absolute atomic E-state index is 12.0. The topological polar surface area (TPSA) is 64.3 Å². The molecule has 0 aliphatic rings. The normalized spacial score (nSPS) is 10.4. The van der Waals surface area contributed by atoms with Crippen molar-refractivity contribution in [1.82, 2.24) is 0 Å². The Kier molecular flexibility index (Phi) is 5.99. The fourth-order valence-corrected chi connectivity index (χ4v) is 3.07. The number of ether oxygens (including phenoxy) is 1. The standard InChI is InChI=1S/C22H21ClN2O2/c1-27-22(26)19-13-18(23)9-8-17(19)11-16-7-10-21(20(24)12-16)25-14-15-5-3-2-4-6-15/h2-10,12-13,25H,11,14,24H2,1H3. The molecule has 3 N–H and O–H groups in total. The Morgan fingerprint density at radius 3 is 2.52 bits per heavy atom. The van der Waals surface area contributed by atoms with Crippen LogP contribution in [0.15, 0.2) is 66.7 Å². The molecule has 3 aromatic rings. The van der Waals surface area contributed by atoms with Crippen LogP contribution in [0.4, 0.5) is 11.4 Å². The monoisotopic (exact) mass is 380 g/mol. The smallest absolute Gasteiger partial charge is 0.338 e. The zero-order chi connectivity index (χ0) is 19.2. The molecule has 0 aromatic heterocycles. The third kappa shape index (κ3) is 4.80. The van der Waals surface area contributed by atoms with E-state index in [2.05, 4.69) is 17.4 Å². The molecule has 0 unspecified atom stereocenters. The number of nitrogens with one attached hydrogen (secondary N) is 1. The van der Waals surface area contributed by atoms with Gasteiger partial charge in [-0.25, -0.2) is 4.79 Å². The van der Waals surface area contributed by atoms with Crippen molar-refractivity contribution in [2.24, 2.45) is 0 Å². The van der Waals surface area contributed by atoms with Crippen LogP contribution < -0.4 is 11.1 Å². The molecule has 138 valence electrons. The number of nitrogen functional groups attached to an aromatic ring is 1. The molecule has 0 aliphatic carbocycles. The number of esters is 1. The summed E-state index contributed by atoms with van der Waals surface area (Å²) in [6.07, 6.45) is 0.560. The molecule has 0 bridgehead atoms. The molecule has 5 heteroatoms. The SMILES string of the molecule is COC(=O)c1cc(Cl)ccc1Cc1ccc(NCc2ccccc2)c(N)c1. The minimum atomic E-state index is -0.401. The minimum absolute atomic E-state index is 0.401. The van der Waals surface area contributed by atoms with Gasteiger partial charge in [-0.05, 0) is 47.4 Å². The number of anilines is 2. The molecule has 3 rings (SSSR count). The summed E-state index contributed by atoms with van der Waals surface area (Å²) < 4.78 is 4.85. The Morgan fingerprint density at radius 2 is 1.81 bits per heavy atom. The number of hydrogen-bond donors (Lipinski definition) is 2. The number of nitrogens with two attached hydrogens (primary N) is 1. The molecule has 0 atom stereocenters. The summed E-state index contributed by atoms with van der Waals surface area (Å²) in [5.41, 5.74) is 11.3. The predicted octanol–water partition coefficient (Wildman–Crippen LogP) is 4.91. The number of hydrogen-bond acceptors (Lipinski definition) is 4. The van der Waals surface area contributed by atoms with Crippen LogP contribution in [0.1, 0.15) is 27.0 Å². The van der Waals surface area contributed by atoms with Crippen LogP contribution in [0.3, 0.4) is 0 Å². The molecule has 3 aromatic carbocycles. The van der Waals surface area contributed by atoms with Crippen molar-refractivity contribution in [2.45, 2.75) is 13.0 Å². The first-order chi connectivity index (χ1) is 13.1. The molecular weight excluding hydrogens is 360 g/mol. The van der Waals surface area contributed by atoms with E-state index in [4.69, 9.17) is 22.1 Å². The summed E-state index contributed by atoms with van der Waals surface area (Å²) in [6.45, 7) is 0.702. The molecule has 0 saturated carbocycles. The third-order valence-corrected chi connectivity index (χ3v) is 4.55. The van der Waals surface area contributed by atoms with Crippen molar-refractivity contribution >= 4 is 28.9 Å². The van der Waals surface area contributed by atoms with Crippen molar-refractivity contribution in [1.29, 1.82) is 0 Å². The van der Waals surface area contributed by atoms with Gasteiger partial charge < -0.3 is 15.8 Å². The highest BCUT2D eigenvalue weighted by Crippen LogP contribution is 2.25. The van der Waals surface area contributed by atoms with E-state index in [-0.39, 0.29) is 0 Å². The fourth-order valence-electron chi connectivity index (χ4n) is 2.90. The second-order valence-electron chi connectivity index (χ2n) is 6.23. The lowest BCUT2D eigenvalue weighted by atomic mass is 9.99. The average Bonchev–Trinajstić information content (AvgIpc) is 2.69. The zero-order valence-electron chi connectivity index (χ0n) is 15.0. The maximum Gasteiger partial charge on any atom is 0.338 e. The first kappa shape index (κ1) is 18.8. The van der Waals surface area contributed by atoms with Crippen molar-refractivity contribution in [2.75, 3.05) is 18.2 Å². The van der Waals surface area contributed by atoms with E-state index >= 15 is 0 Å². The highest BCUT2D eigenvalue weighted by molar-refractivity contribution is 6.31. The predicted molar refractivity (Wildman–Crippen MR) is 110 cm³/mol. The minimum Gasteiger partial charge on any atom is -0.465 e. The van der Waals surface area contributed by atoms with Crippen LogP contribution in [0, 0.1) is 0 Å². The first-order valence-corrected chi connectivity index (χ1v) is 8.97. The Hall–Kier alpha value is -2.98. The zero-order valence-corrected chi connectivity index (χ0v) is 15.8. The van der Waals surface area contributed by atoms with Gasteiger partial charge in [-0.2, -0.15) is 0 Å². The summed E-state index contributed by atoms with van der Waals surface area (Å²) in [7, 11) is 1.36. The lowest BCUT2D eigenvalue weighted by Gasteiger charge is -2.13. The molecule has 0 fully saturated rings. The lowest BCUT2D eigenvalue weighted by molar-refractivity contribution is 0.0599. The van der Waals surface area contributed by atoms with E-state index in [1.54, 1.807) is 12.1 Å². The van der Waals surface area contributed by atoms with E-state index in [0.29, 0.717) is 29.2 Å². The van der Waals surface area contributed by atoms with Crippen molar-refractivity contribution in [3.05, 3.63) is 94.0 Å². The first-order valence-electron chi connectivity index (χ1n) is 8.60. The van der Waals surface area contributed by atoms with E-state index in [1.165, 1.54) is 12.7 Å². The van der Waals surface area contributed by atoms with Gasteiger partial charge in [-0.15, -0.1) is 0 Å². The Bertz CT molecular complexity index is 942. The van der Waals surface area contributed by atoms with Crippen molar-refractivity contribution in [3.8, 4) is 0 Å². The van der Waals surface area contributed by atoms with Crippen LogP contribution in [0.5, 0.6) is 0 Å². The highest BCUT2D eigenvalue weighted by atomic mass is 35.5. The van der Waals surface area contributed by atoms with Gasteiger partial charge in [0, 0.05) is 11.6 Å². The lowest BCUT2D eigenvalue weighted by Crippen LogP contribution is -2.07. The van der Waals surface area contributed by atoms with Gasteiger partial charge in [0.25, 0.3) is 0 Å². The van der Waals surface area contributed by atoms with Crippen LogP contribution in [-0.4, -0.2) is 13.1 Å². The number of carbonyl (C=O) groups excluding carboxylic acids is 1. The second kappa shape index (κ2) is 8.60. The van der Waals surface area contributed by atoms with Gasteiger partial charge in [0.2, 0.25) is 0 Å². The summed E-state index contributed by atoms with van der Waals surface area (Å²) in [5, 5.41) is 3.85. The Balaban J connectivity index is 1.75. The molecule has 0 heterocycles. The number of carbonyl (C=O) groups is 1. The molecule has 27 heavy (non-hydrogen) atoms. The van der Waals surface area contributed by atoms with Crippen LogP contribution in [0.25, 0.3) is 0 Å². The van der Waals surface area contributed by atoms with E-state index < -0.39 is 5.97 Å². The highest BCUT2D eigenvalue weighted by Gasteiger charge is 2.13. The maximum atomic E-state index is 12.0. The van der Waals surface area contributed by atoms with Gasteiger partial charge in [0.1, 0.15) is 0 Å². The second-order valence-corrected chi connectivity index (χ2v) is 6.67. The molecule has 0 radical (unpaired) electrons. The Labute approximate surface area is 163 Å². The number of rotatable bonds is 6. The largest absolute Gasteiger partial charge is 0.465 e. The summed E-state index contributed by atoms with van der Waals surface area (Å²) in [6, 6.07) is 21.2. The van der Waals surface area contributed by atoms with Crippen molar-refractivity contribution in [3.63, 3.8) is 0 Å². The number of halogens is 1. The van der Waals surface area contributed by atoms with Crippen molar-refractivity contribution < 1.29 is 9.53 Å². The van der Waals surface area contributed by atoms with E-state index in [1.807, 2.05) is 42.5 Å². The van der Waals surface area contributed by atoms with Crippen LogP contribution in [0.2, 0.25) is 5.02 Å². The number of methoxy groups -OCH3 is 1. The fraction of sp³-hybridized carbons (Fsp3) is 0.136. The van der Waals surface area contributed by atoms with Crippen LogP contribution in [-0.2, 0) is 17.7 Å². The average molecular weight is 381 g/mol. The molecule has 4 nitrogen and oxygen atoms in total. The quantitative estimate of drug-likeness (QED) is 0.471. The molecular formula is C22H21ClN2O2. The van der Waals surface area contributed by atoms with Gasteiger partial charge in [-0.1, -0.05) is 54.1 Å².